The van der Waals surface area contributed by atoms with E-state index in [1.165, 1.54) is 51.4 Å². The van der Waals surface area contributed by atoms with E-state index in [1.54, 1.807) is 7.05 Å². The molecule has 0 aromatic carbocycles. The minimum Gasteiger partial charge on any atom is -0.542 e. The van der Waals surface area contributed by atoms with Crippen LogP contribution in [0.1, 0.15) is 71.1 Å². The van der Waals surface area contributed by atoms with Crippen molar-refractivity contribution >= 4 is 12.3 Å². The monoisotopic (exact) mass is 311 g/mol. The van der Waals surface area contributed by atoms with Gasteiger partial charge in [0.15, 0.2) is 0 Å². The van der Waals surface area contributed by atoms with Crippen LogP contribution in [-0.2, 0) is 9.59 Å². The molecule has 0 spiro atoms. The van der Waals surface area contributed by atoms with Crippen LogP contribution in [0.25, 0.3) is 0 Å². The third-order valence-electron chi connectivity index (χ3n) is 2.71. The van der Waals surface area contributed by atoms with Crippen molar-refractivity contribution in [2.24, 2.45) is 0 Å². The molecule has 0 aromatic rings. The molecule has 0 amide bonds. The van der Waals surface area contributed by atoms with Gasteiger partial charge in [-0.05, 0) is 7.05 Å². The Morgan fingerprint density at radius 2 is 1.45 bits per heavy atom. The van der Waals surface area contributed by atoms with E-state index < -0.39 is 5.97 Å². The fraction of sp³-hybridized carbons (Fsp3) is 0.867. The summed E-state index contributed by atoms with van der Waals surface area (Å²) in [4.78, 5) is 19.4. The van der Waals surface area contributed by atoms with Crippen LogP contribution in [0.15, 0.2) is 0 Å². The summed E-state index contributed by atoms with van der Waals surface area (Å²) in [6.45, 7) is 2.29. The number of aliphatic carboxylic acids is 1. The number of likely N-dealkylation sites (N-methyl/N-ethyl adjacent to an activating group) is 1. The van der Waals surface area contributed by atoms with E-state index in [-0.39, 0.29) is 57.9 Å². The summed E-state index contributed by atoms with van der Waals surface area (Å²) in [5, 5.41) is 10.3. The maximum Gasteiger partial charge on any atom is 1.00 e. The zero-order valence-corrected chi connectivity index (χ0v) is 16.7. The van der Waals surface area contributed by atoms with Crippen molar-refractivity contribution in [2.45, 2.75) is 71.1 Å². The van der Waals surface area contributed by atoms with E-state index in [0.29, 0.717) is 6.42 Å². The predicted octanol–water partition coefficient (Wildman–Crippen LogP) is 0.311. The zero-order chi connectivity index (χ0) is 14.8. The Morgan fingerprint density at radius 3 is 1.75 bits per heavy atom. The molecule has 0 heterocycles. The fourth-order valence-corrected chi connectivity index (χ4v) is 1.66. The normalized spacial score (nSPS) is 9.10. The molecule has 20 heavy (non-hydrogen) atoms. The van der Waals surface area contributed by atoms with Crippen LogP contribution in [0.4, 0.5) is 0 Å². The Balaban J connectivity index is -0.000000352. The van der Waals surface area contributed by atoms with Gasteiger partial charge in [-0.15, -0.1) is 0 Å². The number of hydrogen-bond acceptors (Lipinski definition) is 3. The number of carboxylic acid groups (broad SMARTS) is 1. The fourth-order valence-electron chi connectivity index (χ4n) is 1.66. The zero-order valence-electron chi connectivity index (χ0n) is 13.5. The van der Waals surface area contributed by atoms with Crippen LogP contribution < -0.4 is 56.7 Å². The van der Waals surface area contributed by atoms with Crippen LogP contribution in [0.2, 0.25) is 0 Å². The molecule has 2 N–H and O–H groups in total. The molecule has 0 aliphatic rings. The molecule has 0 saturated heterocycles. The minimum atomic E-state index is -0.822. The predicted molar refractivity (Wildman–Crippen MR) is 79.1 cm³/mol. The van der Waals surface area contributed by atoms with Gasteiger partial charge in [-0.2, -0.15) is 6.42 Å². The molecule has 4 nitrogen and oxygen atoms in total. The third-order valence-corrected chi connectivity index (χ3v) is 2.71. The minimum absolute atomic E-state index is 0. The Bertz CT molecular complexity index is 202. The first-order valence-electron chi connectivity index (χ1n) is 7.40. The summed E-state index contributed by atoms with van der Waals surface area (Å²) in [6, 6.07) is 0. The summed E-state index contributed by atoms with van der Waals surface area (Å²) >= 11 is 0. The number of carbonyl (C=O) groups is 1. The number of carbonyl (C=O) groups excluding carboxylic acids is 1. The average Bonchev–Trinajstić information content (AvgIpc) is 2.37. The van der Waals surface area contributed by atoms with Crippen molar-refractivity contribution in [3.05, 3.63) is 0 Å². The van der Waals surface area contributed by atoms with E-state index >= 15 is 0 Å². The smallest absolute Gasteiger partial charge is 0.542 e. The summed E-state index contributed by atoms with van der Waals surface area (Å²) < 4.78 is 0. The topological polar surface area (TPSA) is 66.4 Å². The molecule has 5 heteroatoms. The number of hydrogen-bond donors (Lipinski definition) is 2. The first-order chi connectivity index (χ1) is 9.18. The first-order valence-corrected chi connectivity index (χ1v) is 7.40. The Morgan fingerprint density at radius 1 is 1.00 bits per heavy atom. The summed E-state index contributed by atoms with van der Waals surface area (Å²) in [7, 11) is 1.59. The second-order valence-corrected chi connectivity index (χ2v) is 4.65. The van der Waals surface area contributed by atoms with E-state index in [4.69, 9.17) is 5.11 Å². The maximum atomic E-state index is 9.89. The molecular formula is C15H30KNO3. The van der Waals surface area contributed by atoms with Gasteiger partial charge in [-0.3, -0.25) is 11.1 Å². The van der Waals surface area contributed by atoms with Gasteiger partial charge < -0.3 is 15.2 Å². The van der Waals surface area contributed by atoms with Crippen molar-refractivity contribution in [3.8, 4) is 0 Å². The standard InChI is InChI=1S/C12H23O.C3H7NO2.K/c1-2-3-4-5-6-7-8-9-10-11-12-13;1-4-2-3(5)6;/h2-11H2,1H3;4H,2H2,1H3,(H,5,6);/q-1;;+1. The van der Waals surface area contributed by atoms with Gasteiger partial charge in [0.25, 0.3) is 0 Å². The van der Waals surface area contributed by atoms with Crippen molar-refractivity contribution in [1.29, 1.82) is 0 Å². The van der Waals surface area contributed by atoms with E-state index in [9.17, 15) is 9.59 Å². The molecule has 0 radical (unpaired) electrons. The Hall–Kier alpha value is 0.736. The van der Waals surface area contributed by atoms with Crippen LogP contribution in [0.5, 0.6) is 0 Å². The Labute approximate surface area is 166 Å². The van der Waals surface area contributed by atoms with Crippen LogP contribution in [0.3, 0.4) is 0 Å². The Kier molecular flexibility index (Phi) is 31.8. The van der Waals surface area contributed by atoms with Crippen LogP contribution >= 0.6 is 0 Å². The van der Waals surface area contributed by atoms with Crippen LogP contribution in [0, 0.1) is 0 Å². The second-order valence-electron chi connectivity index (χ2n) is 4.65. The summed E-state index contributed by atoms with van der Waals surface area (Å²) in [5.74, 6) is -0.822. The maximum absolute atomic E-state index is 9.89. The van der Waals surface area contributed by atoms with Gasteiger partial charge in [0.2, 0.25) is 0 Å². The second kappa shape index (κ2) is 24.7. The van der Waals surface area contributed by atoms with E-state index in [2.05, 4.69) is 12.2 Å². The van der Waals surface area contributed by atoms with Crippen LogP contribution in [-0.4, -0.2) is 31.0 Å². The number of rotatable bonds is 12. The molecular weight excluding hydrogens is 281 g/mol. The third kappa shape index (κ3) is 31.2. The van der Waals surface area contributed by atoms with Crippen molar-refractivity contribution in [3.63, 3.8) is 0 Å². The first kappa shape index (κ1) is 25.7. The van der Waals surface area contributed by atoms with Crippen molar-refractivity contribution in [2.75, 3.05) is 13.6 Å². The number of unbranched alkanes of at least 4 members (excludes halogenated alkanes) is 9. The van der Waals surface area contributed by atoms with Gasteiger partial charge in [-0.25, -0.2) is 0 Å². The largest absolute Gasteiger partial charge is 1.00 e. The number of carboxylic acids is 1. The van der Waals surface area contributed by atoms with Crippen molar-refractivity contribution in [1.82, 2.24) is 5.32 Å². The molecule has 0 rings (SSSR count). The van der Waals surface area contributed by atoms with Gasteiger partial charge in [0.1, 0.15) is 0 Å². The van der Waals surface area contributed by atoms with E-state index in [0.717, 1.165) is 6.42 Å². The molecule has 0 saturated carbocycles. The average molecular weight is 312 g/mol. The molecule has 0 atom stereocenters. The SMILES string of the molecule is CCCCCCCCCCC[C-]=O.CNCC(=O)O.[K+]. The van der Waals surface area contributed by atoms with E-state index in [1.807, 2.05) is 6.29 Å². The van der Waals surface area contributed by atoms with Gasteiger partial charge >= 0.3 is 57.4 Å². The van der Waals surface area contributed by atoms with Gasteiger partial charge in [0.05, 0.1) is 6.54 Å². The molecule has 0 aliphatic heterocycles. The number of nitrogens with one attached hydrogen (secondary N) is 1. The summed E-state index contributed by atoms with van der Waals surface area (Å²) in [5.41, 5.74) is 0. The molecule has 0 aromatic heterocycles. The van der Waals surface area contributed by atoms with Gasteiger partial charge in [-0.1, -0.05) is 64.7 Å². The molecule has 114 valence electrons. The molecule has 0 bridgehead atoms. The molecule has 0 unspecified atom stereocenters. The summed E-state index contributed by atoms with van der Waals surface area (Å²) in [6.07, 6.45) is 14.4. The van der Waals surface area contributed by atoms with Gasteiger partial charge in [0, 0.05) is 0 Å². The quantitative estimate of drug-likeness (QED) is 0.309. The van der Waals surface area contributed by atoms with Crippen molar-refractivity contribution < 1.29 is 66.1 Å². The molecule has 0 aliphatic carbocycles. The molecule has 0 fully saturated rings.